The number of rotatable bonds is 3. The van der Waals surface area contributed by atoms with Crippen molar-refractivity contribution in [3.8, 4) is 0 Å². The first-order valence-electron chi connectivity index (χ1n) is 8.90. The summed E-state index contributed by atoms with van der Waals surface area (Å²) in [5.74, 6) is -0.668. The van der Waals surface area contributed by atoms with Crippen molar-refractivity contribution in [3.63, 3.8) is 0 Å². The molecule has 4 nitrogen and oxygen atoms in total. The van der Waals surface area contributed by atoms with Crippen LogP contribution in [-0.4, -0.2) is 29.0 Å². The summed E-state index contributed by atoms with van der Waals surface area (Å²) in [6.45, 7) is 0. The van der Waals surface area contributed by atoms with Gasteiger partial charge in [0.1, 0.15) is 11.7 Å². The Kier molecular flexibility index (Phi) is 5.45. The molecule has 0 aromatic carbocycles. The average Bonchev–Trinajstić information content (AvgIpc) is 2.68. The van der Waals surface area contributed by atoms with Crippen LogP contribution in [0.2, 0.25) is 0 Å². The fourth-order valence-electron chi connectivity index (χ4n) is 4.14. The lowest BCUT2D eigenvalue weighted by Crippen LogP contribution is -2.36. The molecule has 1 heterocycles. The number of hydrogen-bond donors (Lipinski definition) is 0. The minimum atomic E-state index is -0.734. The van der Waals surface area contributed by atoms with E-state index in [9.17, 15) is 9.59 Å². The summed E-state index contributed by atoms with van der Waals surface area (Å²) < 4.78 is 11.5. The lowest BCUT2D eigenvalue weighted by atomic mass is 9.85. The van der Waals surface area contributed by atoms with E-state index in [-0.39, 0.29) is 18.0 Å². The van der Waals surface area contributed by atoms with Gasteiger partial charge >= 0.3 is 11.9 Å². The maximum Gasteiger partial charge on any atom is 0.338 e. The number of halogens is 1. The van der Waals surface area contributed by atoms with E-state index >= 15 is 0 Å². The summed E-state index contributed by atoms with van der Waals surface area (Å²) in [4.78, 5) is 25.2. The number of carbonyl (C=O) groups is 2. The molecular formula is C18H25BrO4. The summed E-state index contributed by atoms with van der Waals surface area (Å²) in [6.07, 6.45) is 11.0. The number of hydrogen-bond acceptors (Lipinski definition) is 4. The van der Waals surface area contributed by atoms with Gasteiger partial charge in [-0.25, -0.2) is 9.59 Å². The van der Waals surface area contributed by atoms with Gasteiger partial charge in [0.2, 0.25) is 0 Å². The first kappa shape index (κ1) is 17.0. The second-order valence-electron chi connectivity index (χ2n) is 6.95. The molecule has 0 aromatic rings. The zero-order valence-electron chi connectivity index (χ0n) is 13.6. The maximum absolute atomic E-state index is 12.9. The Morgan fingerprint density at radius 1 is 1.09 bits per heavy atom. The van der Waals surface area contributed by atoms with Crippen molar-refractivity contribution in [2.24, 2.45) is 0 Å². The monoisotopic (exact) mass is 384 g/mol. The molecule has 0 aromatic heterocycles. The van der Waals surface area contributed by atoms with E-state index in [0.29, 0.717) is 16.5 Å². The third-order valence-corrected chi connectivity index (χ3v) is 5.93. The Morgan fingerprint density at radius 2 is 1.70 bits per heavy atom. The van der Waals surface area contributed by atoms with Crippen LogP contribution >= 0.6 is 15.9 Å². The van der Waals surface area contributed by atoms with Crippen LogP contribution in [0.1, 0.15) is 70.6 Å². The molecule has 0 saturated heterocycles. The van der Waals surface area contributed by atoms with Crippen LogP contribution in [0.3, 0.4) is 0 Å². The summed E-state index contributed by atoms with van der Waals surface area (Å²) in [7, 11) is 0. The van der Waals surface area contributed by atoms with Crippen LogP contribution in [0.25, 0.3) is 0 Å². The predicted octanol–water partition coefficient (Wildman–Crippen LogP) is 4.20. The Morgan fingerprint density at radius 3 is 2.30 bits per heavy atom. The van der Waals surface area contributed by atoms with Gasteiger partial charge < -0.3 is 9.47 Å². The van der Waals surface area contributed by atoms with E-state index in [1.165, 1.54) is 6.42 Å². The summed E-state index contributed by atoms with van der Waals surface area (Å²) in [6, 6.07) is 0. The highest BCUT2D eigenvalue weighted by Crippen LogP contribution is 2.44. The minimum Gasteiger partial charge on any atom is -0.459 e. The Bertz CT molecular complexity index is 497. The van der Waals surface area contributed by atoms with Gasteiger partial charge in [-0.3, -0.25) is 0 Å². The van der Waals surface area contributed by atoms with E-state index in [1.807, 2.05) is 0 Å². The predicted molar refractivity (Wildman–Crippen MR) is 90.3 cm³/mol. The number of ether oxygens (including phenoxy) is 2. The molecule has 0 bridgehead atoms. The summed E-state index contributed by atoms with van der Waals surface area (Å²) in [5, 5.41) is 0.350. The zero-order valence-corrected chi connectivity index (χ0v) is 15.2. The van der Waals surface area contributed by atoms with Gasteiger partial charge in [0.25, 0.3) is 0 Å². The van der Waals surface area contributed by atoms with Crippen molar-refractivity contribution in [3.05, 3.63) is 11.1 Å². The van der Waals surface area contributed by atoms with Crippen molar-refractivity contribution in [1.29, 1.82) is 0 Å². The molecule has 0 unspecified atom stereocenters. The Hall–Kier alpha value is -0.840. The molecule has 5 heteroatoms. The van der Waals surface area contributed by atoms with Gasteiger partial charge in [-0.2, -0.15) is 0 Å². The zero-order chi connectivity index (χ0) is 16.3. The molecule has 128 valence electrons. The van der Waals surface area contributed by atoms with Gasteiger partial charge in [-0.15, -0.1) is 0 Å². The molecular weight excluding hydrogens is 360 g/mol. The van der Waals surface area contributed by atoms with E-state index < -0.39 is 5.60 Å². The van der Waals surface area contributed by atoms with E-state index in [1.54, 1.807) is 0 Å². The Balaban J connectivity index is 1.85. The third kappa shape index (κ3) is 3.49. The highest BCUT2D eigenvalue weighted by molar-refractivity contribution is 9.09. The fraction of sp³-hybridized carbons (Fsp3) is 0.778. The molecule has 2 saturated carbocycles. The number of alkyl halides is 1. The van der Waals surface area contributed by atoms with Crippen LogP contribution in [0.5, 0.6) is 0 Å². The van der Waals surface area contributed by atoms with Gasteiger partial charge in [-0.1, -0.05) is 35.2 Å². The number of esters is 2. The quantitative estimate of drug-likeness (QED) is 0.540. The van der Waals surface area contributed by atoms with Gasteiger partial charge in [0, 0.05) is 5.33 Å². The fourth-order valence-corrected chi connectivity index (χ4v) is 4.65. The lowest BCUT2D eigenvalue weighted by Gasteiger charge is -2.30. The van der Waals surface area contributed by atoms with Crippen molar-refractivity contribution in [2.75, 3.05) is 5.33 Å². The van der Waals surface area contributed by atoms with Crippen LogP contribution in [0.4, 0.5) is 0 Å². The molecule has 0 atom stereocenters. The maximum atomic E-state index is 12.9. The normalized spacial score (nSPS) is 25.3. The second-order valence-corrected chi connectivity index (χ2v) is 7.51. The molecule has 0 radical (unpaired) electrons. The number of carbonyl (C=O) groups excluding carboxylic acids is 2. The summed E-state index contributed by atoms with van der Waals surface area (Å²) >= 11 is 3.35. The van der Waals surface area contributed by atoms with Crippen molar-refractivity contribution in [1.82, 2.24) is 0 Å². The van der Waals surface area contributed by atoms with E-state index in [4.69, 9.17) is 9.47 Å². The molecule has 1 spiro atoms. The van der Waals surface area contributed by atoms with Crippen LogP contribution < -0.4 is 0 Å². The van der Waals surface area contributed by atoms with Gasteiger partial charge in [0.15, 0.2) is 0 Å². The molecule has 1 aliphatic heterocycles. The molecule has 2 fully saturated rings. The first-order chi connectivity index (χ1) is 11.2. The highest BCUT2D eigenvalue weighted by atomic mass is 79.9. The molecule has 0 N–H and O–H groups in total. The minimum absolute atomic E-state index is 0.00106. The van der Waals surface area contributed by atoms with Gasteiger partial charge in [-0.05, 0) is 51.4 Å². The first-order valence-corrected chi connectivity index (χ1v) is 10.0. The standard InChI is InChI=1S/C18H25BrO4/c19-12-14-15(17(21)22-13-8-4-3-5-9-13)18(23-16(14)20)10-6-1-2-7-11-18/h13H,1-12H2. The van der Waals surface area contributed by atoms with Crippen LogP contribution in [-0.2, 0) is 19.1 Å². The molecule has 0 amide bonds. The largest absolute Gasteiger partial charge is 0.459 e. The molecule has 23 heavy (non-hydrogen) atoms. The summed E-state index contributed by atoms with van der Waals surface area (Å²) in [5.41, 5.74) is 0.238. The van der Waals surface area contributed by atoms with Gasteiger partial charge in [0.05, 0.1) is 11.1 Å². The van der Waals surface area contributed by atoms with E-state index in [2.05, 4.69) is 15.9 Å². The van der Waals surface area contributed by atoms with Crippen molar-refractivity contribution >= 4 is 27.9 Å². The molecule has 3 rings (SSSR count). The van der Waals surface area contributed by atoms with Crippen molar-refractivity contribution in [2.45, 2.75) is 82.3 Å². The highest BCUT2D eigenvalue weighted by Gasteiger charge is 2.51. The Labute approximate surface area is 146 Å². The third-order valence-electron chi connectivity index (χ3n) is 5.37. The smallest absolute Gasteiger partial charge is 0.338 e. The van der Waals surface area contributed by atoms with Crippen LogP contribution in [0, 0.1) is 0 Å². The molecule has 2 aliphatic carbocycles. The molecule has 3 aliphatic rings. The van der Waals surface area contributed by atoms with Crippen molar-refractivity contribution < 1.29 is 19.1 Å². The second kappa shape index (κ2) is 7.37. The van der Waals surface area contributed by atoms with E-state index in [0.717, 1.165) is 64.2 Å². The topological polar surface area (TPSA) is 52.6 Å². The lowest BCUT2D eigenvalue weighted by molar-refractivity contribution is -0.153. The van der Waals surface area contributed by atoms with Crippen LogP contribution in [0.15, 0.2) is 11.1 Å². The SMILES string of the molecule is O=C1OC2(CCCCCC2)C(C(=O)OC2CCCCC2)=C1CBr. The average molecular weight is 385 g/mol.